The number of nitrogens with one attached hydrogen (secondary N) is 1. The Morgan fingerprint density at radius 3 is 2.41 bits per heavy atom. The Morgan fingerprint density at radius 1 is 1.10 bits per heavy atom. The zero-order chi connectivity index (χ0) is 21.2. The minimum Gasteiger partial charge on any atom is -0.493 e. The number of imide groups is 1. The fourth-order valence-electron chi connectivity index (χ4n) is 2.54. The van der Waals surface area contributed by atoms with Crippen LogP contribution in [-0.2, 0) is 19.1 Å². The summed E-state index contributed by atoms with van der Waals surface area (Å²) in [6.45, 7) is 0. The molecular weight excluding hydrogens is 529 g/mol. The van der Waals surface area contributed by atoms with Gasteiger partial charge in [0.25, 0.3) is 11.1 Å². The molecule has 2 aromatic carbocycles. The predicted molar refractivity (Wildman–Crippen MR) is 119 cm³/mol. The van der Waals surface area contributed by atoms with Gasteiger partial charge in [-0.15, -0.1) is 0 Å². The second-order valence-electron chi connectivity index (χ2n) is 6.04. The molecular formula is C19H16INO6S2. The molecule has 2 aromatic rings. The average molecular weight is 545 g/mol. The van der Waals surface area contributed by atoms with Crippen molar-refractivity contribution in [2.75, 3.05) is 13.4 Å². The zero-order valence-corrected chi connectivity index (χ0v) is 19.2. The maximum Gasteiger partial charge on any atom is 0.290 e. The van der Waals surface area contributed by atoms with Gasteiger partial charge in [-0.1, -0.05) is 28.7 Å². The lowest BCUT2D eigenvalue weighted by Gasteiger charge is -2.14. The van der Waals surface area contributed by atoms with Crippen LogP contribution in [0.4, 0.5) is 4.79 Å². The lowest BCUT2D eigenvalue weighted by atomic mass is 10.1. The molecule has 3 rings (SSSR count). The highest BCUT2D eigenvalue weighted by atomic mass is 127. The first kappa shape index (κ1) is 21.7. The van der Waals surface area contributed by atoms with Gasteiger partial charge in [0.15, 0.2) is 21.3 Å². The van der Waals surface area contributed by atoms with E-state index in [1.165, 1.54) is 13.2 Å². The summed E-state index contributed by atoms with van der Waals surface area (Å²) in [5, 5.41) is 1.80. The van der Waals surface area contributed by atoms with Crippen molar-refractivity contribution in [3.8, 4) is 17.2 Å². The number of amides is 2. The molecule has 152 valence electrons. The Morgan fingerprint density at radius 2 is 1.83 bits per heavy atom. The van der Waals surface area contributed by atoms with Crippen LogP contribution in [0.3, 0.4) is 0 Å². The molecule has 2 amide bonds. The van der Waals surface area contributed by atoms with Crippen molar-refractivity contribution in [1.82, 2.24) is 5.32 Å². The SMILES string of the molecule is COc1cc(/C=C2\SC(=O)NC2=O)ccc1Oc1ccc(S(C)(=O)=O)cc1CI. The number of rotatable bonds is 6. The van der Waals surface area contributed by atoms with Gasteiger partial charge in [0, 0.05) is 16.2 Å². The molecule has 29 heavy (non-hydrogen) atoms. The van der Waals surface area contributed by atoms with Crippen molar-refractivity contribution in [2.24, 2.45) is 0 Å². The number of hydrogen-bond donors (Lipinski definition) is 1. The topological polar surface area (TPSA) is 98.8 Å². The minimum atomic E-state index is -3.31. The van der Waals surface area contributed by atoms with Crippen LogP contribution in [0, 0.1) is 0 Å². The lowest BCUT2D eigenvalue weighted by molar-refractivity contribution is -0.115. The molecule has 1 saturated heterocycles. The molecule has 0 bridgehead atoms. The second-order valence-corrected chi connectivity index (χ2v) is 9.83. The van der Waals surface area contributed by atoms with Crippen LogP contribution in [0.1, 0.15) is 11.1 Å². The number of sulfone groups is 1. The van der Waals surface area contributed by atoms with Gasteiger partial charge in [-0.3, -0.25) is 14.9 Å². The van der Waals surface area contributed by atoms with Gasteiger partial charge in [0.1, 0.15) is 5.75 Å². The van der Waals surface area contributed by atoms with Gasteiger partial charge < -0.3 is 9.47 Å². The van der Waals surface area contributed by atoms with Crippen LogP contribution in [0.5, 0.6) is 17.2 Å². The first-order chi connectivity index (χ1) is 13.7. The monoisotopic (exact) mass is 545 g/mol. The van der Waals surface area contributed by atoms with Gasteiger partial charge >= 0.3 is 0 Å². The number of alkyl halides is 1. The molecule has 1 N–H and O–H groups in total. The molecule has 1 aliphatic heterocycles. The zero-order valence-electron chi connectivity index (χ0n) is 15.4. The maximum atomic E-state index is 11.8. The Bertz CT molecular complexity index is 1130. The van der Waals surface area contributed by atoms with Crippen molar-refractivity contribution >= 4 is 61.4 Å². The van der Waals surface area contributed by atoms with Gasteiger partial charge in [-0.2, -0.15) is 0 Å². The highest BCUT2D eigenvalue weighted by Gasteiger charge is 2.25. The van der Waals surface area contributed by atoms with Crippen LogP contribution in [-0.4, -0.2) is 32.9 Å². The molecule has 0 atom stereocenters. The van der Waals surface area contributed by atoms with Crippen molar-refractivity contribution < 1.29 is 27.5 Å². The summed E-state index contributed by atoms with van der Waals surface area (Å²) in [6.07, 6.45) is 2.75. The predicted octanol–water partition coefficient (Wildman–Crippen LogP) is 4.15. The average Bonchev–Trinajstić information content (AvgIpc) is 2.99. The summed E-state index contributed by atoms with van der Waals surface area (Å²) in [7, 11) is -1.82. The van der Waals surface area contributed by atoms with E-state index < -0.39 is 21.0 Å². The number of hydrogen-bond acceptors (Lipinski definition) is 7. The number of carbonyl (C=O) groups is 2. The third kappa shape index (κ3) is 5.11. The lowest BCUT2D eigenvalue weighted by Crippen LogP contribution is -2.17. The largest absolute Gasteiger partial charge is 0.493 e. The van der Waals surface area contributed by atoms with E-state index >= 15 is 0 Å². The minimum absolute atomic E-state index is 0.229. The maximum absolute atomic E-state index is 11.8. The molecule has 0 saturated carbocycles. The number of thioether (sulfide) groups is 1. The molecule has 0 aromatic heterocycles. The van der Waals surface area contributed by atoms with Crippen molar-refractivity contribution in [3.63, 3.8) is 0 Å². The highest BCUT2D eigenvalue weighted by Crippen LogP contribution is 2.36. The fraction of sp³-hybridized carbons (Fsp3) is 0.158. The normalized spacial score (nSPS) is 15.5. The first-order valence-electron chi connectivity index (χ1n) is 8.21. The van der Waals surface area contributed by atoms with Crippen LogP contribution in [0.25, 0.3) is 6.08 Å². The van der Waals surface area contributed by atoms with E-state index in [9.17, 15) is 18.0 Å². The Labute approximate surface area is 185 Å². The van der Waals surface area contributed by atoms with E-state index in [2.05, 4.69) is 27.9 Å². The number of carbonyl (C=O) groups excluding carboxylic acids is 2. The molecule has 10 heteroatoms. The number of halogens is 1. The molecule has 1 aliphatic rings. The Kier molecular flexibility index (Phi) is 6.54. The molecule has 1 heterocycles. The first-order valence-corrected chi connectivity index (χ1v) is 12.4. The van der Waals surface area contributed by atoms with Gasteiger partial charge in [0.05, 0.1) is 16.9 Å². The quantitative estimate of drug-likeness (QED) is 0.331. The smallest absolute Gasteiger partial charge is 0.290 e. The summed E-state index contributed by atoms with van der Waals surface area (Å²) >= 11 is 2.98. The summed E-state index contributed by atoms with van der Waals surface area (Å²) in [5.41, 5.74) is 1.41. The van der Waals surface area contributed by atoms with Crippen LogP contribution < -0.4 is 14.8 Å². The number of methoxy groups -OCH3 is 1. The van der Waals surface area contributed by atoms with E-state index in [0.29, 0.717) is 32.1 Å². The summed E-state index contributed by atoms with van der Waals surface area (Å²) < 4.78 is 35.5. The van der Waals surface area contributed by atoms with Crippen molar-refractivity contribution in [2.45, 2.75) is 9.32 Å². The van der Waals surface area contributed by atoms with Gasteiger partial charge in [-0.25, -0.2) is 8.42 Å². The van der Waals surface area contributed by atoms with E-state index in [-0.39, 0.29) is 4.90 Å². The molecule has 7 nitrogen and oxygen atoms in total. The summed E-state index contributed by atoms with van der Waals surface area (Å²) in [5.74, 6) is 0.956. The number of benzene rings is 2. The van der Waals surface area contributed by atoms with E-state index in [1.54, 1.807) is 36.4 Å². The Balaban J connectivity index is 1.91. The molecule has 0 spiro atoms. The fourth-order valence-corrected chi connectivity index (χ4v) is 4.49. The Hall–Kier alpha value is -2.05. The van der Waals surface area contributed by atoms with Gasteiger partial charge in [0.2, 0.25) is 0 Å². The molecule has 0 unspecified atom stereocenters. The molecule has 0 radical (unpaired) electrons. The molecule has 1 fully saturated rings. The van der Waals surface area contributed by atoms with Gasteiger partial charge in [-0.05, 0) is 53.7 Å². The standard InChI is InChI=1S/C19H16INO6S2/c1-26-16-7-11(8-17-18(22)21-19(23)28-17)3-5-15(16)27-14-6-4-13(29(2,24)25)9-12(14)10-20/h3-9H,10H2,1-2H3,(H,21,22,23)/b17-8-. The van der Waals surface area contributed by atoms with Crippen molar-refractivity contribution in [1.29, 1.82) is 0 Å². The second kappa shape index (κ2) is 8.76. The number of ether oxygens (including phenoxy) is 2. The van der Waals surface area contributed by atoms with Crippen LogP contribution in [0.15, 0.2) is 46.2 Å². The van der Waals surface area contributed by atoms with Crippen LogP contribution in [0.2, 0.25) is 0 Å². The van der Waals surface area contributed by atoms with E-state index in [4.69, 9.17) is 9.47 Å². The van der Waals surface area contributed by atoms with Crippen LogP contribution >= 0.6 is 34.4 Å². The summed E-state index contributed by atoms with van der Waals surface area (Å²) in [6, 6.07) is 9.81. The molecule has 0 aliphatic carbocycles. The van der Waals surface area contributed by atoms with E-state index in [1.807, 2.05) is 0 Å². The third-order valence-electron chi connectivity index (χ3n) is 3.95. The summed E-state index contributed by atoms with van der Waals surface area (Å²) in [4.78, 5) is 23.5. The highest BCUT2D eigenvalue weighted by molar-refractivity contribution is 14.1. The van der Waals surface area contributed by atoms with Crippen molar-refractivity contribution in [3.05, 3.63) is 52.4 Å². The third-order valence-corrected chi connectivity index (χ3v) is 6.69. The van der Waals surface area contributed by atoms with E-state index in [0.717, 1.165) is 23.6 Å².